The summed E-state index contributed by atoms with van der Waals surface area (Å²) in [6, 6.07) is 0. The molecule has 46 heavy (non-hydrogen) atoms. The molecule has 2 unspecified atom stereocenters. The Hall–Kier alpha value is -0.756. The molecule has 0 bridgehead atoms. The zero-order chi connectivity index (χ0) is 34.8. The molecule has 2 saturated carbocycles. The summed E-state index contributed by atoms with van der Waals surface area (Å²) >= 11 is 0. The normalized spacial score (nSPS) is 23.7. The Morgan fingerprint density at radius 2 is 1.61 bits per heavy atom. The number of allylic oxidation sites excluding steroid dienone is 2. The van der Waals surface area contributed by atoms with Crippen molar-refractivity contribution in [2.45, 2.75) is 188 Å². The highest BCUT2D eigenvalue weighted by atomic mass is 28.4. The van der Waals surface area contributed by atoms with Gasteiger partial charge in [-0.3, -0.25) is 4.79 Å². The minimum absolute atomic E-state index is 0.0724. The van der Waals surface area contributed by atoms with Gasteiger partial charge in [-0.25, -0.2) is 0 Å². The summed E-state index contributed by atoms with van der Waals surface area (Å²) in [6.45, 7) is 30.8. The molecule has 5 atom stereocenters. The van der Waals surface area contributed by atoms with Gasteiger partial charge >= 0.3 is 0 Å². The molecule has 0 aromatic heterocycles. The maximum Gasteiger partial charge on any atom is 0.192 e. The number of unbranched alkanes of at least 4 members (excludes halogenated alkanes) is 2. The van der Waals surface area contributed by atoms with E-state index >= 15 is 0 Å². The molecule has 0 spiro atoms. The fraction of sp³-hybridized carbons (Fsp3) is 0.872. The number of carbonyl (C=O) groups excluding carboxylic acids is 1. The van der Waals surface area contributed by atoms with Crippen molar-refractivity contribution in [2.75, 3.05) is 13.2 Å². The van der Waals surface area contributed by atoms with Crippen LogP contribution in [0.4, 0.5) is 0 Å². The van der Waals surface area contributed by atoms with Crippen LogP contribution in [0.3, 0.4) is 0 Å². The second-order valence-electron chi connectivity index (χ2n) is 17.2. The Morgan fingerprint density at radius 3 is 2.15 bits per heavy atom. The number of hydrogen-bond acceptors (Lipinski definition) is 5. The van der Waals surface area contributed by atoms with E-state index in [0.717, 1.165) is 32.1 Å². The van der Waals surface area contributed by atoms with Gasteiger partial charge in [-0.15, -0.1) is 5.92 Å². The number of Topliss-reactive ketones (excluding diaryl/α,β-unsaturated/α-hetero) is 1. The monoisotopic (exact) mass is 676 g/mol. The molecule has 0 radical (unpaired) electrons. The summed E-state index contributed by atoms with van der Waals surface area (Å²) in [5.74, 6) is 7.48. The zero-order valence-corrected chi connectivity index (χ0v) is 34.3. The lowest BCUT2D eigenvalue weighted by Gasteiger charge is -2.51. The number of ketones is 1. The molecule has 2 fully saturated rings. The molecule has 266 valence electrons. The van der Waals surface area contributed by atoms with Crippen LogP contribution in [-0.4, -0.2) is 54.1 Å². The Kier molecular flexibility index (Phi) is 16.0. The van der Waals surface area contributed by atoms with Crippen LogP contribution in [0.2, 0.25) is 36.3 Å². The quantitative estimate of drug-likeness (QED) is 0.0475. The van der Waals surface area contributed by atoms with Crippen LogP contribution in [0.25, 0.3) is 0 Å². The fourth-order valence-electron chi connectivity index (χ4n) is 6.38. The van der Waals surface area contributed by atoms with Crippen molar-refractivity contribution in [3.8, 4) is 11.8 Å². The molecule has 5 nitrogen and oxygen atoms in total. The van der Waals surface area contributed by atoms with Crippen molar-refractivity contribution in [1.29, 1.82) is 0 Å². The Labute approximate surface area is 287 Å². The predicted molar refractivity (Wildman–Crippen MR) is 199 cm³/mol. The number of ether oxygens (including phenoxy) is 2. The first kappa shape index (κ1) is 41.4. The molecule has 0 amide bonds. The van der Waals surface area contributed by atoms with Gasteiger partial charge in [0.25, 0.3) is 0 Å². The van der Waals surface area contributed by atoms with Crippen LogP contribution >= 0.6 is 0 Å². The molecule has 7 heteroatoms. The standard InChI is InChI=1S/C39H72O5Si2/c1-14-26-39(27-22-28-39)36(44-46(12,13)38(7,8)9)25-21-24-33-32(23-19-17-16-18-20-29-42-31(3)41-15-2)34(40)30-35(33)43-45(10,11)37(4,5)6/h17,19,31-33,35-36H,14-16,18,20,22-23,25-30H2,1-13H3/b19-17-/t31?,32-,33+,35-,36?/m1/s1. The van der Waals surface area contributed by atoms with Gasteiger partial charge < -0.3 is 18.3 Å². The molecule has 0 N–H and O–H groups in total. The zero-order valence-electron chi connectivity index (χ0n) is 32.3. The highest BCUT2D eigenvalue weighted by molar-refractivity contribution is 6.74. The van der Waals surface area contributed by atoms with E-state index in [1.54, 1.807) is 0 Å². The van der Waals surface area contributed by atoms with E-state index in [9.17, 15) is 4.79 Å². The fourth-order valence-corrected chi connectivity index (χ4v) is 9.12. The average Bonchev–Trinajstić information content (AvgIpc) is 3.18. The summed E-state index contributed by atoms with van der Waals surface area (Å²) in [5.41, 5.74) is 0.246. The molecular formula is C39H72O5Si2. The predicted octanol–water partition coefficient (Wildman–Crippen LogP) is 10.9. The SMILES string of the molecule is CCCC1(C(CC#C[C@@H]2[C@H](O[Si](C)(C)C(C)(C)C)CC(=O)[C@@H]2C/C=C\CCCCOC(C)OCC)O[Si](C)(C)C(C)(C)C)CCC1. The third-order valence-electron chi connectivity index (χ3n) is 11.6. The third kappa shape index (κ3) is 11.7. The van der Waals surface area contributed by atoms with Crippen LogP contribution in [-0.2, 0) is 23.1 Å². The highest BCUT2D eigenvalue weighted by Crippen LogP contribution is 2.52. The molecule has 2 aliphatic rings. The molecule has 0 heterocycles. The Morgan fingerprint density at radius 1 is 0.957 bits per heavy atom. The van der Waals surface area contributed by atoms with Crippen LogP contribution in [0.15, 0.2) is 12.2 Å². The maximum absolute atomic E-state index is 13.5. The average molecular weight is 677 g/mol. The Balaban J connectivity index is 2.23. The third-order valence-corrected chi connectivity index (χ3v) is 20.5. The van der Waals surface area contributed by atoms with E-state index in [2.05, 4.69) is 98.6 Å². The van der Waals surface area contributed by atoms with Crippen molar-refractivity contribution in [1.82, 2.24) is 0 Å². The van der Waals surface area contributed by atoms with Crippen molar-refractivity contribution in [3.63, 3.8) is 0 Å². The van der Waals surface area contributed by atoms with Gasteiger partial charge in [0.1, 0.15) is 5.78 Å². The van der Waals surface area contributed by atoms with Crippen LogP contribution in [0.1, 0.15) is 133 Å². The lowest BCUT2D eigenvalue weighted by atomic mass is 9.62. The van der Waals surface area contributed by atoms with Crippen LogP contribution in [0, 0.1) is 29.1 Å². The van der Waals surface area contributed by atoms with Gasteiger partial charge in [-0.2, -0.15) is 0 Å². The number of carbonyl (C=O) groups is 1. The minimum atomic E-state index is -2.07. The van der Waals surface area contributed by atoms with Gasteiger partial charge in [0.05, 0.1) is 18.1 Å². The molecule has 0 aliphatic heterocycles. The molecular weight excluding hydrogens is 605 g/mol. The summed E-state index contributed by atoms with van der Waals surface area (Å²) in [4.78, 5) is 13.5. The maximum atomic E-state index is 13.5. The lowest BCUT2D eigenvalue weighted by molar-refractivity contribution is -0.127. The van der Waals surface area contributed by atoms with Crippen molar-refractivity contribution < 1.29 is 23.1 Å². The minimum Gasteiger partial charge on any atom is -0.412 e. The van der Waals surface area contributed by atoms with E-state index < -0.39 is 16.6 Å². The van der Waals surface area contributed by atoms with Gasteiger partial charge in [0.2, 0.25) is 0 Å². The van der Waals surface area contributed by atoms with Crippen molar-refractivity contribution in [3.05, 3.63) is 12.2 Å². The van der Waals surface area contributed by atoms with Crippen LogP contribution < -0.4 is 0 Å². The largest absolute Gasteiger partial charge is 0.412 e. The van der Waals surface area contributed by atoms with Gasteiger partial charge in [-0.1, -0.05) is 79.4 Å². The topological polar surface area (TPSA) is 54.0 Å². The smallest absolute Gasteiger partial charge is 0.192 e. The van der Waals surface area contributed by atoms with E-state index in [0.29, 0.717) is 25.4 Å². The second-order valence-corrected chi connectivity index (χ2v) is 26.7. The van der Waals surface area contributed by atoms with E-state index in [4.69, 9.17) is 18.3 Å². The van der Waals surface area contributed by atoms with Crippen LogP contribution in [0.5, 0.6) is 0 Å². The molecule has 0 aromatic rings. The summed E-state index contributed by atoms with van der Waals surface area (Å²) < 4.78 is 25.3. The molecule has 0 aromatic carbocycles. The highest BCUT2D eigenvalue weighted by Gasteiger charge is 2.49. The first-order valence-electron chi connectivity index (χ1n) is 18.5. The van der Waals surface area contributed by atoms with Crippen molar-refractivity contribution >= 4 is 22.4 Å². The van der Waals surface area contributed by atoms with Gasteiger partial charge in [-0.05, 0) is 100 Å². The van der Waals surface area contributed by atoms with Gasteiger partial charge in [0.15, 0.2) is 22.9 Å². The number of rotatable bonds is 18. The molecule has 2 rings (SSSR count). The summed E-state index contributed by atoms with van der Waals surface area (Å²) in [5, 5.41) is 0.233. The van der Waals surface area contributed by atoms with E-state index in [-0.39, 0.29) is 45.8 Å². The molecule has 0 saturated heterocycles. The van der Waals surface area contributed by atoms with E-state index in [1.807, 2.05) is 13.8 Å². The van der Waals surface area contributed by atoms with Crippen molar-refractivity contribution in [2.24, 2.45) is 17.3 Å². The van der Waals surface area contributed by atoms with E-state index in [1.165, 1.54) is 32.1 Å². The Bertz CT molecular complexity index is 1020. The summed E-state index contributed by atoms with van der Waals surface area (Å²) in [6.07, 6.45) is 15.5. The summed E-state index contributed by atoms with van der Waals surface area (Å²) in [7, 11) is -4.04. The molecule has 2 aliphatic carbocycles. The second kappa shape index (κ2) is 17.8. The number of hydrogen-bond donors (Lipinski definition) is 0. The first-order valence-corrected chi connectivity index (χ1v) is 24.4. The van der Waals surface area contributed by atoms with Gasteiger partial charge in [0, 0.05) is 32.0 Å². The lowest BCUT2D eigenvalue weighted by Crippen LogP contribution is -2.51. The first-order chi connectivity index (χ1) is 21.3.